The highest BCUT2D eigenvalue weighted by atomic mass is 35.5. The minimum absolute atomic E-state index is 0.0312. The molecule has 0 spiro atoms. The molecule has 3 aromatic rings. The van der Waals surface area contributed by atoms with Crippen molar-refractivity contribution in [3.63, 3.8) is 0 Å². The standard InChI is InChI=1S/C22H17ClF3NO3S/c1-14-5-7-19(23)18(11-14)15-6-8-21-20(12-15)27(9-10-30-21)31(28,29)17-4-2-3-16(13-17)22(24,25)26/h2-8,11-13H,9-10H2,1H3. The molecule has 1 aliphatic heterocycles. The Labute approximate surface area is 182 Å². The summed E-state index contributed by atoms with van der Waals surface area (Å²) < 4.78 is 72.5. The number of rotatable bonds is 3. The number of hydrogen-bond donors (Lipinski definition) is 0. The number of sulfonamides is 1. The smallest absolute Gasteiger partial charge is 0.416 e. The monoisotopic (exact) mass is 467 g/mol. The van der Waals surface area contributed by atoms with Crippen LogP contribution in [0.2, 0.25) is 5.02 Å². The summed E-state index contributed by atoms with van der Waals surface area (Å²) in [5, 5.41) is 0.495. The molecule has 0 unspecified atom stereocenters. The molecular formula is C22H17ClF3NO3S. The van der Waals surface area contributed by atoms with Crippen LogP contribution in [0.25, 0.3) is 11.1 Å². The molecule has 4 nitrogen and oxygen atoms in total. The van der Waals surface area contributed by atoms with Crippen molar-refractivity contribution in [2.24, 2.45) is 0 Å². The van der Waals surface area contributed by atoms with Crippen molar-refractivity contribution in [1.82, 2.24) is 0 Å². The molecule has 1 aliphatic rings. The molecule has 4 rings (SSSR count). The van der Waals surface area contributed by atoms with E-state index in [-0.39, 0.29) is 18.8 Å². The van der Waals surface area contributed by atoms with Crippen molar-refractivity contribution in [3.05, 3.63) is 76.8 Å². The third-order valence-electron chi connectivity index (χ3n) is 4.96. The van der Waals surface area contributed by atoms with Gasteiger partial charge in [0.25, 0.3) is 10.0 Å². The minimum Gasteiger partial charge on any atom is -0.489 e. The molecule has 31 heavy (non-hydrogen) atoms. The zero-order valence-corrected chi connectivity index (χ0v) is 17.9. The summed E-state index contributed by atoms with van der Waals surface area (Å²) in [5.41, 5.74) is 1.58. The third kappa shape index (κ3) is 4.09. The van der Waals surface area contributed by atoms with E-state index in [2.05, 4.69) is 0 Å². The molecule has 1 heterocycles. The fourth-order valence-electron chi connectivity index (χ4n) is 3.43. The van der Waals surface area contributed by atoms with Crippen molar-refractivity contribution in [3.8, 4) is 16.9 Å². The third-order valence-corrected chi connectivity index (χ3v) is 7.10. The Bertz CT molecular complexity index is 1260. The number of fused-ring (bicyclic) bond motifs is 1. The van der Waals surface area contributed by atoms with E-state index in [1.54, 1.807) is 24.3 Å². The van der Waals surface area contributed by atoms with Crippen LogP contribution in [0.4, 0.5) is 18.9 Å². The van der Waals surface area contributed by atoms with Gasteiger partial charge in [0.2, 0.25) is 0 Å². The van der Waals surface area contributed by atoms with Gasteiger partial charge in [-0.15, -0.1) is 0 Å². The van der Waals surface area contributed by atoms with E-state index in [1.807, 2.05) is 19.1 Å². The first-order valence-electron chi connectivity index (χ1n) is 9.31. The number of nitrogens with zero attached hydrogens (tertiary/aromatic N) is 1. The topological polar surface area (TPSA) is 46.6 Å². The molecule has 3 aromatic carbocycles. The lowest BCUT2D eigenvalue weighted by atomic mass is 10.0. The van der Waals surface area contributed by atoms with Crippen LogP contribution in [0.5, 0.6) is 5.75 Å². The molecule has 0 radical (unpaired) electrons. The molecule has 162 valence electrons. The summed E-state index contributed by atoms with van der Waals surface area (Å²) >= 11 is 6.33. The van der Waals surface area contributed by atoms with Crippen molar-refractivity contribution in [1.29, 1.82) is 0 Å². The van der Waals surface area contributed by atoms with Gasteiger partial charge in [-0.2, -0.15) is 13.2 Å². The molecule has 0 N–H and O–H groups in total. The first-order chi connectivity index (χ1) is 14.6. The Kier molecular flexibility index (Phi) is 5.39. The lowest BCUT2D eigenvalue weighted by Crippen LogP contribution is -2.38. The summed E-state index contributed by atoms with van der Waals surface area (Å²) in [5.74, 6) is 0.328. The van der Waals surface area contributed by atoms with Crippen LogP contribution in [0.1, 0.15) is 11.1 Å². The molecule has 0 aliphatic carbocycles. The second-order valence-electron chi connectivity index (χ2n) is 7.12. The van der Waals surface area contributed by atoms with Gasteiger partial charge in [-0.25, -0.2) is 8.42 Å². The van der Waals surface area contributed by atoms with Gasteiger partial charge in [0.1, 0.15) is 12.4 Å². The van der Waals surface area contributed by atoms with E-state index in [4.69, 9.17) is 16.3 Å². The molecule has 9 heteroatoms. The zero-order chi connectivity index (χ0) is 22.4. The van der Waals surface area contributed by atoms with Gasteiger partial charge in [0.15, 0.2) is 0 Å². The van der Waals surface area contributed by atoms with Crippen LogP contribution in [0, 0.1) is 6.92 Å². The summed E-state index contributed by atoms with van der Waals surface area (Å²) in [6.07, 6.45) is -4.65. The zero-order valence-electron chi connectivity index (χ0n) is 16.3. The number of benzene rings is 3. The van der Waals surface area contributed by atoms with Crippen molar-refractivity contribution in [2.45, 2.75) is 18.0 Å². The predicted molar refractivity (Wildman–Crippen MR) is 113 cm³/mol. The van der Waals surface area contributed by atoms with Gasteiger partial charge in [0.05, 0.1) is 22.7 Å². The second kappa shape index (κ2) is 7.76. The Morgan fingerprint density at radius 2 is 1.81 bits per heavy atom. The van der Waals surface area contributed by atoms with Crippen molar-refractivity contribution >= 4 is 27.3 Å². The van der Waals surface area contributed by atoms with Crippen LogP contribution >= 0.6 is 11.6 Å². The predicted octanol–water partition coefficient (Wildman–Crippen LogP) is 5.92. The maximum Gasteiger partial charge on any atom is 0.416 e. The number of halogens is 4. The number of alkyl halides is 3. The van der Waals surface area contributed by atoms with Crippen LogP contribution in [-0.2, 0) is 16.2 Å². The molecule has 0 saturated heterocycles. The summed E-state index contributed by atoms with van der Waals surface area (Å²) in [7, 11) is -4.26. The lowest BCUT2D eigenvalue weighted by Gasteiger charge is -2.31. The first kappa shape index (κ1) is 21.5. The average Bonchev–Trinajstić information content (AvgIpc) is 2.74. The second-order valence-corrected chi connectivity index (χ2v) is 9.39. The highest BCUT2D eigenvalue weighted by Crippen LogP contribution is 2.40. The highest BCUT2D eigenvalue weighted by Gasteiger charge is 2.34. The largest absolute Gasteiger partial charge is 0.489 e. The SMILES string of the molecule is Cc1ccc(Cl)c(-c2ccc3c(c2)N(S(=O)(=O)c2cccc(C(F)(F)F)c2)CCO3)c1. The van der Waals surface area contributed by atoms with Crippen LogP contribution in [0.3, 0.4) is 0 Å². The minimum atomic E-state index is -4.65. The van der Waals surface area contributed by atoms with Gasteiger partial charge in [0, 0.05) is 10.6 Å². The van der Waals surface area contributed by atoms with Crippen molar-refractivity contribution in [2.75, 3.05) is 17.5 Å². The molecule has 0 fully saturated rings. The van der Waals surface area contributed by atoms with Crippen LogP contribution in [0.15, 0.2) is 65.6 Å². The molecule has 0 atom stereocenters. The highest BCUT2D eigenvalue weighted by molar-refractivity contribution is 7.92. The van der Waals surface area contributed by atoms with E-state index in [0.717, 1.165) is 28.1 Å². The number of hydrogen-bond acceptors (Lipinski definition) is 3. The number of ether oxygens (including phenoxy) is 1. The van der Waals surface area contributed by atoms with E-state index >= 15 is 0 Å². The van der Waals surface area contributed by atoms with Gasteiger partial charge in [-0.1, -0.05) is 35.4 Å². The van der Waals surface area contributed by atoms with Gasteiger partial charge in [-0.3, -0.25) is 4.31 Å². The lowest BCUT2D eigenvalue weighted by molar-refractivity contribution is -0.137. The number of anilines is 1. The fraction of sp³-hybridized carbons (Fsp3) is 0.182. The van der Waals surface area contributed by atoms with E-state index < -0.39 is 26.7 Å². The van der Waals surface area contributed by atoms with Crippen LogP contribution in [-0.4, -0.2) is 21.6 Å². The fourth-order valence-corrected chi connectivity index (χ4v) is 5.16. The van der Waals surface area contributed by atoms with Gasteiger partial charge in [-0.05, 0) is 55.0 Å². The summed E-state index contributed by atoms with van der Waals surface area (Å²) in [4.78, 5) is -0.436. The Balaban J connectivity index is 1.82. The first-order valence-corrected chi connectivity index (χ1v) is 11.1. The maximum absolute atomic E-state index is 13.3. The number of aryl methyl sites for hydroxylation is 1. The van der Waals surface area contributed by atoms with Gasteiger partial charge >= 0.3 is 6.18 Å². The quantitative estimate of drug-likeness (QED) is 0.480. The van der Waals surface area contributed by atoms with E-state index in [9.17, 15) is 21.6 Å². The van der Waals surface area contributed by atoms with Crippen molar-refractivity contribution < 1.29 is 26.3 Å². The average molecular weight is 468 g/mol. The van der Waals surface area contributed by atoms with E-state index in [1.165, 1.54) is 0 Å². The molecule has 0 aromatic heterocycles. The maximum atomic E-state index is 13.3. The molecule has 0 bridgehead atoms. The van der Waals surface area contributed by atoms with E-state index in [0.29, 0.717) is 28.0 Å². The Morgan fingerprint density at radius 3 is 2.55 bits per heavy atom. The summed E-state index contributed by atoms with van der Waals surface area (Å²) in [6, 6.07) is 14.2. The molecular weight excluding hydrogens is 451 g/mol. The summed E-state index contributed by atoms with van der Waals surface area (Å²) in [6.45, 7) is 1.96. The Hall–Kier alpha value is -2.71. The molecule has 0 saturated carbocycles. The van der Waals surface area contributed by atoms with Crippen LogP contribution < -0.4 is 9.04 Å². The Morgan fingerprint density at radius 1 is 1.03 bits per heavy atom. The molecule has 0 amide bonds. The van der Waals surface area contributed by atoms with Gasteiger partial charge < -0.3 is 4.74 Å². The normalized spacial score (nSPS) is 14.2.